The molecule has 3 heteroatoms. The van der Waals surface area contributed by atoms with E-state index in [1.165, 1.54) is 11.1 Å². The third kappa shape index (κ3) is 5.07. The zero-order chi connectivity index (χ0) is 15.1. The Bertz CT molecular complexity index is 571. The molecule has 0 fully saturated rings. The largest absolute Gasteiger partial charge is 0.497 e. The third-order valence-electron chi connectivity index (χ3n) is 3.48. The number of likely N-dealkylation sites (N-methyl/N-ethyl adjacent to an activating group) is 1. The van der Waals surface area contributed by atoms with E-state index in [2.05, 4.69) is 30.4 Å². The number of hydrogen-bond acceptors (Lipinski definition) is 2. The fraction of sp³-hybridized carbons (Fsp3) is 0.333. The van der Waals surface area contributed by atoms with Crippen LogP contribution in [0.25, 0.3) is 0 Å². The van der Waals surface area contributed by atoms with Crippen molar-refractivity contribution < 1.29 is 4.74 Å². The van der Waals surface area contributed by atoms with Crippen molar-refractivity contribution in [3.8, 4) is 5.75 Å². The molecule has 0 aliphatic rings. The van der Waals surface area contributed by atoms with Crippen LogP contribution in [0.15, 0.2) is 48.5 Å². The van der Waals surface area contributed by atoms with Gasteiger partial charge in [-0.05, 0) is 54.8 Å². The predicted molar refractivity (Wildman–Crippen MR) is 89.3 cm³/mol. The zero-order valence-electron chi connectivity index (χ0n) is 12.6. The summed E-state index contributed by atoms with van der Waals surface area (Å²) in [6.45, 7) is 3.09. The highest BCUT2D eigenvalue weighted by Gasteiger charge is 2.10. The molecule has 2 nitrogen and oxygen atoms in total. The Hall–Kier alpha value is -1.51. The molecule has 21 heavy (non-hydrogen) atoms. The minimum absolute atomic E-state index is 0.389. The summed E-state index contributed by atoms with van der Waals surface area (Å²) >= 11 is 6.07. The van der Waals surface area contributed by atoms with E-state index < -0.39 is 0 Å². The van der Waals surface area contributed by atoms with Crippen LogP contribution in [0.3, 0.4) is 0 Å². The lowest BCUT2D eigenvalue weighted by Gasteiger charge is -2.18. The second-order valence-corrected chi connectivity index (χ2v) is 5.58. The van der Waals surface area contributed by atoms with Crippen LogP contribution in [0, 0.1) is 0 Å². The smallest absolute Gasteiger partial charge is 0.119 e. The predicted octanol–water partition coefficient (Wildman–Crippen LogP) is 4.11. The van der Waals surface area contributed by atoms with E-state index in [0.717, 1.165) is 30.2 Å². The molecule has 0 aliphatic carbocycles. The summed E-state index contributed by atoms with van der Waals surface area (Å²) in [5, 5.41) is 4.35. The highest BCUT2D eigenvalue weighted by atomic mass is 35.5. The van der Waals surface area contributed by atoms with Crippen LogP contribution >= 0.6 is 11.6 Å². The maximum absolute atomic E-state index is 6.07. The van der Waals surface area contributed by atoms with Gasteiger partial charge in [-0.25, -0.2) is 0 Å². The minimum atomic E-state index is 0.389. The second-order valence-electron chi connectivity index (χ2n) is 5.14. The summed E-state index contributed by atoms with van der Waals surface area (Å²) in [6, 6.07) is 16.7. The van der Waals surface area contributed by atoms with Crippen LogP contribution in [0.5, 0.6) is 5.75 Å². The van der Waals surface area contributed by atoms with Crippen molar-refractivity contribution in [2.45, 2.75) is 25.8 Å². The molecule has 0 radical (unpaired) electrons. The Balaban J connectivity index is 2.07. The highest BCUT2D eigenvalue weighted by molar-refractivity contribution is 6.30. The number of nitrogens with one attached hydrogen (secondary N) is 1. The fourth-order valence-electron chi connectivity index (χ4n) is 2.54. The lowest BCUT2D eigenvalue weighted by Crippen LogP contribution is -2.33. The van der Waals surface area contributed by atoms with Crippen molar-refractivity contribution >= 4 is 11.6 Å². The van der Waals surface area contributed by atoms with E-state index in [1.54, 1.807) is 7.11 Å². The molecule has 0 saturated heterocycles. The first kappa shape index (κ1) is 15.9. The van der Waals surface area contributed by atoms with Crippen LogP contribution in [0.4, 0.5) is 0 Å². The van der Waals surface area contributed by atoms with Gasteiger partial charge in [0.1, 0.15) is 5.75 Å². The molecular weight excluding hydrogens is 282 g/mol. The van der Waals surface area contributed by atoms with E-state index in [0.29, 0.717) is 6.04 Å². The van der Waals surface area contributed by atoms with Crippen molar-refractivity contribution in [3.63, 3.8) is 0 Å². The minimum Gasteiger partial charge on any atom is -0.497 e. The number of hydrogen-bond donors (Lipinski definition) is 1. The quantitative estimate of drug-likeness (QED) is 0.831. The Morgan fingerprint density at radius 1 is 1.05 bits per heavy atom. The van der Waals surface area contributed by atoms with E-state index in [9.17, 15) is 0 Å². The molecule has 2 aromatic carbocycles. The summed E-state index contributed by atoms with van der Waals surface area (Å²) in [5.74, 6) is 0.908. The molecule has 0 heterocycles. The molecule has 2 aromatic rings. The van der Waals surface area contributed by atoms with E-state index in [4.69, 9.17) is 16.3 Å². The van der Waals surface area contributed by atoms with Crippen molar-refractivity contribution in [3.05, 3.63) is 64.7 Å². The standard InChI is InChI=1S/C18H22ClNO/c1-3-20-17(11-14-6-4-8-16(19)10-14)12-15-7-5-9-18(13-15)21-2/h4-10,13,17,20H,3,11-12H2,1-2H3. The summed E-state index contributed by atoms with van der Waals surface area (Å²) in [5.41, 5.74) is 2.54. The average Bonchev–Trinajstić information content (AvgIpc) is 2.48. The molecule has 1 unspecified atom stereocenters. The Labute approximate surface area is 132 Å². The molecular formula is C18H22ClNO. The van der Waals surface area contributed by atoms with Gasteiger partial charge >= 0.3 is 0 Å². The van der Waals surface area contributed by atoms with Gasteiger partial charge in [-0.1, -0.05) is 42.8 Å². The van der Waals surface area contributed by atoms with Crippen LogP contribution in [0.2, 0.25) is 5.02 Å². The van der Waals surface area contributed by atoms with E-state index in [1.807, 2.05) is 30.3 Å². The van der Waals surface area contributed by atoms with Gasteiger partial charge in [-0.3, -0.25) is 0 Å². The van der Waals surface area contributed by atoms with Gasteiger partial charge in [0.15, 0.2) is 0 Å². The molecule has 1 atom stereocenters. The van der Waals surface area contributed by atoms with Gasteiger partial charge in [0.05, 0.1) is 7.11 Å². The number of benzene rings is 2. The molecule has 0 bridgehead atoms. The number of ether oxygens (including phenoxy) is 1. The molecule has 0 spiro atoms. The topological polar surface area (TPSA) is 21.3 Å². The lowest BCUT2D eigenvalue weighted by atomic mass is 9.99. The molecule has 0 saturated carbocycles. The molecule has 112 valence electrons. The first-order valence-electron chi connectivity index (χ1n) is 7.32. The summed E-state index contributed by atoms with van der Waals surface area (Å²) in [7, 11) is 1.70. The normalized spacial score (nSPS) is 12.1. The van der Waals surface area contributed by atoms with Gasteiger partial charge in [-0.15, -0.1) is 0 Å². The van der Waals surface area contributed by atoms with Gasteiger partial charge in [-0.2, -0.15) is 0 Å². The summed E-state index contributed by atoms with van der Waals surface area (Å²) in [4.78, 5) is 0. The number of halogens is 1. The Morgan fingerprint density at radius 3 is 2.33 bits per heavy atom. The maximum atomic E-state index is 6.07. The molecule has 0 aliphatic heterocycles. The Morgan fingerprint density at radius 2 is 1.71 bits per heavy atom. The van der Waals surface area contributed by atoms with Crippen molar-refractivity contribution in [1.82, 2.24) is 5.32 Å². The first-order valence-corrected chi connectivity index (χ1v) is 7.69. The SMILES string of the molecule is CCNC(Cc1cccc(Cl)c1)Cc1cccc(OC)c1. The highest BCUT2D eigenvalue weighted by Crippen LogP contribution is 2.17. The van der Waals surface area contributed by atoms with Gasteiger partial charge < -0.3 is 10.1 Å². The lowest BCUT2D eigenvalue weighted by molar-refractivity contribution is 0.413. The second kappa shape index (κ2) is 8.06. The molecule has 0 aromatic heterocycles. The van der Waals surface area contributed by atoms with Crippen LogP contribution in [-0.2, 0) is 12.8 Å². The van der Waals surface area contributed by atoms with Crippen molar-refractivity contribution in [2.24, 2.45) is 0 Å². The number of methoxy groups -OCH3 is 1. The third-order valence-corrected chi connectivity index (χ3v) is 3.72. The van der Waals surface area contributed by atoms with Gasteiger partial charge in [0, 0.05) is 11.1 Å². The first-order chi connectivity index (χ1) is 10.2. The summed E-state index contributed by atoms with van der Waals surface area (Å²) < 4.78 is 5.29. The van der Waals surface area contributed by atoms with Gasteiger partial charge in [0.25, 0.3) is 0 Å². The van der Waals surface area contributed by atoms with Crippen molar-refractivity contribution in [2.75, 3.05) is 13.7 Å². The summed E-state index contributed by atoms with van der Waals surface area (Å²) in [6.07, 6.45) is 1.93. The van der Waals surface area contributed by atoms with Gasteiger partial charge in [0.2, 0.25) is 0 Å². The van der Waals surface area contributed by atoms with Crippen LogP contribution < -0.4 is 10.1 Å². The molecule has 2 rings (SSSR count). The molecule has 1 N–H and O–H groups in total. The fourth-order valence-corrected chi connectivity index (χ4v) is 2.75. The van der Waals surface area contributed by atoms with Crippen LogP contribution in [-0.4, -0.2) is 19.7 Å². The van der Waals surface area contributed by atoms with Crippen LogP contribution in [0.1, 0.15) is 18.1 Å². The van der Waals surface area contributed by atoms with Crippen molar-refractivity contribution in [1.29, 1.82) is 0 Å². The van der Waals surface area contributed by atoms with E-state index >= 15 is 0 Å². The average molecular weight is 304 g/mol. The number of rotatable bonds is 7. The van der Waals surface area contributed by atoms with E-state index in [-0.39, 0.29) is 0 Å². The maximum Gasteiger partial charge on any atom is 0.119 e. The Kier molecular flexibility index (Phi) is 6.09. The zero-order valence-corrected chi connectivity index (χ0v) is 13.4. The molecule has 0 amide bonds. The monoisotopic (exact) mass is 303 g/mol.